The third kappa shape index (κ3) is 7.89. The molecular weight excluding hydrogens is 363 g/mol. The molecule has 0 bridgehead atoms. The molecule has 0 fully saturated rings. The van der Waals surface area contributed by atoms with E-state index in [4.69, 9.17) is 9.47 Å². The third-order valence-electron chi connectivity index (χ3n) is 3.21. The van der Waals surface area contributed by atoms with E-state index in [1.807, 2.05) is 6.92 Å². The topological polar surface area (TPSA) is 56.8 Å². The van der Waals surface area contributed by atoms with Crippen LogP contribution in [-0.2, 0) is 4.79 Å². The highest BCUT2D eigenvalue weighted by Gasteiger charge is 2.28. The van der Waals surface area contributed by atoms with Gasteiger partial charge < -0.3 is 19.5 Å². The number of benzene rings is 2. The summed E-state index contributed by atoms with van der Waals surface area (Å²) in [5.74, 6) is 0.906. The number of carbonyl (C=O) groups excluding carboxylic acids is 1. The Morgan fingerprint density at radius 1 is 0.889 bits per heavy atom. The van der Waals surface area contributed by atoms with Crippen LogP contribution in [0.4, 0.5) is 18.9 Å². The van der Waals surface area contributed by atoms with Crippen molar-refractivity contribution in [1.29, 1.82) is 0 Å². The number of rotatable bonds is 9. The predicted molar refractivity (Wildman–Crippen MR) is 94.3 cm³/mol. The van der Waals surface area contributed by atoms with Crippen molar-refractivity contribution in [1.82, 2.24) is 0 Å². The van der Waals surface area contributed by atoms with E-state index in [0.717, 1.165) is 12.2 Å². The lowest BCUT2D eigenvalue weighted by atomic mass is 10.3. The van der Waals surface area contributed by atoms with Gasteiger partial charge in [0.25, 0.3) is 5.91 Å². The number of amides is 1. The van der Waals surface area contributed by atoms with Gasteiger partial charge in [-0.05, 0) is 55.0 Å². The minimum atomic E-state index is -4.40. The van der Waals surface area contributed by atoms with Crippen molar-refractivity contribution >= 4 is 11.6 Å². The molecule has 0 saturated carbocycles. The van der Waals surface area contributed by atoms with E-state index in [0.29, 0.717) is 18.0 Å². The van der Waals surface area contributed by atoms with Gasteiger partial charge in [0.15, 0.2) is 13.2 Å². The Balaban J connectivity index is 1.76. The zero-order valence-corrected chi connectivity index (χ0v) is 14.7. The average Bonchev–Trinajstić information content (AvgIpc) is 2.64. The van der Waals surface area contributed by atoms with Crippen molar-refractivity contribution in [3.05, 3.63) is 48.5 Å². The van der Waals surface area contributed by atoms with Gasteiger partial charge in [-0.2, -0.15) is 13.2 Å². The van der Waals surface area contributed by atoms with E-state index < -0.39 is 18.7 Å². The molecule has 8 heteroatoms. The van der Waals surface area contributed by atoms with Gasteiger partial charge in [-0.3, -0.25) is 4.79 Å². The summed E-state index contributed by atoms with van der Waals surface area (Å²) in [5.41, 5.74) is 0.422. The summed E-state index contributed by atoms with van der Waals surface area (Å²) < 4.78 is 51.7. The van der Waals surface area contributed by atoms with Crippen LogP contribution in [0, 0.1) is 0 Å². The lowest BCUT2D eigenvalue weighted by Crippen LogP contribution is -2.20. The van der Waals surface area contributed by atoms with Crippen molar-refractivity contribution < 1.29 is 32.2 Å². The van der Waals surface area contributed by atoms with E-state index >= 15 is 0 Å². The van der Waals surface area contributed by atoms with Gasteiger partial charge in [0.2, 0.25) is 0 Å². The summed E-state index contributed by atoms with van der Waals surface area (Å²) in [6.45, 7) is 1.07. The van der Waals surface area contributed by atoms with Crippen molar-refractivity contribution in [2.75, 3.05) is 25.1 Å². The van der Waals surface area contributed by atoms with E-state index in [2.05, 4.69) is 10.1 Å². The van der Waals surface area contributed by atoms with Crippen LogP contribution in [0.3, 0.4) is 0 Å². The zero-order valence-electron chi connectivity index (χ0n) is 14.7. The van der Waals surface area contributed by atoms with Gasteiger partial charge in [0.05, 0.1) is 6.61 Å². The molecule has 0 aliphatic heterocycles. The van der Waals surface area contributed by atoms with Crippen LogP contribution in [-0.4, -0.2) is 31.9 Å². The molecule has 0 atom stereocenters. The Hall–Kier alpha value is -2.90. The van der Waals surface area contributed by atoms with Crippen LogP contribution in [0.5, 0.6) is 17.2 Å². The fourth-order valence-corrected chi connectivity index (χ4v) is 2.00. The van der Waals surface area contributed by atoms with E-state index in [1.54, 1.807) is 24.3 Å². The molecule has 0 aromatic heterocycles. The summed E-state index contributed by atoms with van der Waals surface area (Å²) in [7, 11) is 0. The predicted octanol–water partition coefficient (Wildman–Crippen LogP) is 4.43. The molecule has 27 heavy (non-hydrogen) atoms. The molecule has 2 rings (SSSR count). The van der Waals surface area contributed by atoms with Crippen LogP contribution in [0.2, 0.25) is 0 Å². The van der Waals surface area contributed by atoms with E-state index in [-0.39, 0.29) is 12.4 Å². The Kier molecular flexibility index (Phi) is 7.34. The van der Waals surface area contributed by atoms with Crippen LogP contribution in [0.25, 0.3) is 0 Å². The SMILES string of the molecule is CCCOc1ccc(OCC(=O)Nc2ccc(OCC(F)(F)F)cc2)cc1. The Morgan fingerprint density at radius 2 is 1.41 bits per heavy atom. The van der Waals surface area contributed by atoms with Crippen molar-refractivity contribution in [2.24, 2.45) is 0 Å². The van der Waals surface area contributed by atoms with Crippen LogP contribution in [0.1, 0.15) is 13.3 Å². The second-order valence-corrected chi connectivity index (χ2v) is 5.58. The minimum Gasteiger partial charge on any atom is -0.494 e. The van der Waals surface area contributed by atoms with Gasteiger partial charge in [-0.1, -0.05) is 6.92 Å². The molecule has 1 amide bonds. The number of alkyl halides is 3. The second kappa shape index (κ2) is 9.70. The molecule has 0 aliphatic carbocycles. The molecular formula is C19H20F3NO4. The maximum absolute atomic E-state index is 12.1. The van der Waals surface area contributed by atoms with Crippen LogP contribution < -0.4 is 19.5 Å². The van der Waals surface area contributed by atoms with Crippen LogP contribution in [0.15, 0.2) is 48.5 Å². The molecule has 0 spiro atoms. The molecule has 146 valence electrons. The molecule has 0 saturated heterocycles. The quantitative estimate of drug-likeness (QED) is 0.696. The Morgan fingerprint density at radius 3 is 1.96 bits per heavy atom. The highest BCUT2D eigenvalue weighted by Crippen LogP contribution is 2.21. The maximum atomic E-state index is 12.1. The number of hydrogen-bond acceptors (Lipinski definition) is 4. The van der Waals surface area contributed by atoms with Gasteiger partial charge in [-0.25, -0.2) is 0 Å². The molecule has 5 nitrogen and oxygen atoms in total. The first-order valence-corrected chi connectivity index (χ1v) is 8.31. The number of carbonyl (C=O) groups is 1. The second-order valence-electron chi connectivity index (χ2n) is 5.58. The third-order valence-corrected chi connectivity index (χ3v) is 3.21. The molecule has 0 aliphatic rings. The summed E-state index contributed by atoms with van der Waals surface area (Å²) in [6, 6.07) is 12.5. The van der Waals surface area contributed by atoms with Gasteiger partial charge in [0.1, 0.15) is 17.2 Å². The molecule has 1 N–H and O–H groups in total. The summed E-state index contributed by atoms with van der Waals surface area (Å²) in [5, 5.41) is 2.58. The van der Waals surface area contributed by atoms with Gasteiger partial charge in [0, 0.05) is 5.69 Å². The summed E-state index contributed by atoms with van der Waals surface area (Å²) in [6.07, 6.45) is -3.49. The van der Waals surface area contributed by atoms with Crippen LogP contribution >= 0.6 is 0 Å². The first-order chi connectivity index (χ1) is 12.9. The first-order valence-electron chi connectivity index (χ1n) is 8.31. The van der Waals surface area contributed by atoms with Crippen molar-refractivity contribution in [2.45, 2.75) is 19.5 Å². The largest absolute Gasteiger partial charge is 0.494 e. The molecule has 0 unspecified atom stereocenters. The normalized spacial score (nSPS) is 11.0. The number of ether oxygens (including phenoxy) is 3. The smallest absolute Gasteiger partial charge is 0.422 e. The fraction of sp³-hybridized carbons (Fsp3) is 0.316. The van der Waals surface area contributed by atoms with Gasteiger partial charge >= 0.3 is 6.18 Å². The highest BCUT2D eigenvalue weighted by atomic mass is 19.4. The maximum Gasteiger partial charge on any atom is 0.422 e. The lowest BCUT2D eigenvalue weighted by molar-refractivity contribution is -0.153. The zero-order chi connectivity index (χ0) is 19.7. The molecule has 2 aromatic carbocycles. The number of hydrogen-bond donors (Lipinski definition) is 1. The molecule has 0 radical (unpaired) electrons. The van der Waals surface area contributed by atoms with Crippen molar-refractivity contribution in [3.63, 3.8) is 0 Å². The fourth-order valence-electron chi connectivity index (χ4n) is 2.00. The van der Waals surface area contributed by atoms with E-state index in [1.165, 1.54) is 24.3 Å². The Bertz CT molecular complexity index is 715. The van der Waals surface area contributed by atoms with E-state index in [9.17, 15) is 18.0 Å². The monoisotopic (exact) mass is 383 g/mol. The summed E-state index contributed by atoms with van der Waals surface area (Å²) >= 11 is 0. The highest BCUT2D eigenvalue weighted by molar-refractivity contribution is 5.91. The number of anilines is 1. The number of halogens is 3. The van der Waals surface area contributed by atoms with Crippen molar-refractivity contribution in [3.8, 4) is 17.2 Å². The average molecular weight is 383 g/mol. The first kappa shape index (κ1) is 20.4. The lowest BCUT2D eigenvalue weighted by Gasteiger charge is -2.11. The standard InChI is InChI=1S/C19H20F3NO4/c1-2-11-25-15-7-9-16(10-8-15)26-12-18(24)23-14-3-5-17(6-4-14)27-13-19(20,21)22/h3-10H,2,11-13H2,1H3,(H,23,24). The van der Waals surface area contributed by atoms with Gasteiger partial charge in [-0.15, -0.1) is 0 Å². The number of nitrogens with one attached hydrogen (secondary N) is 1. The molecule has 0 heterocycles. The molecule has 2 aromatic rings. The minimum absolute atomic E-state index is 0.0620. The summed E-state index contributed by atoms with van der Waals surface area (Å²) in [4.78, 5) is 11.9. The Labute approximate surface area is 155 Å².